The minimum Gasteiger partial charge on any atom is -0.352 e. The van der Waals surface area contributed by atoms with Gasteiger partial charge in [-0.1, -0.05) is 49.6 Å². The first-order valence-electron chi connectivity index (χ1n) is 12.0. The first kappa shape index (κ1) is 24.1. The number of hydrogen-bond donors (Lipinski definition) is 1. The van der Waals surface area contributed by atoms with E-state index in [-0.39, 0.29) is 11.8 Å². The van der Waals surface area contributed by atoms with Crippen LogP contribution >= 0.6 is 11.8 Å². The molecule has 2 aromatic carbocycles. The summed E-state index contributed by atoms with van der Waals surface area (Å²) in [5, 5.41) is 7.42. The Kier molecular flexibility index (Phi) is 8.41. The van der Waals surface area contributed by atoms with E-state index in [4.69, 9.17) is 0 Å². The Morgan fingerprint density at radius 1 is 1.06 bits per heavy atom. The van der Waals surface area contributed by atoms with Crippen molar-refractivity contribution in [3.05, 3.63) is 78.1 Å². The van der Waals surface area contributed by atoms with E-state index >= 15 is 0 Å². The number of aromatic nitrogens is 2. The molecule has 0 saturated heterocycles. The Morgan fingerprint density at radius 2 is 1.79 bits per heavy atom. The monoisotopic (exact) mass is 476 g/mol. The number of hydrogen-bond acceptors (Lipinski definition) is 4. The average molecular weight is 477 g/mol. The van der Waals surface area contributed by atoms with Crippen LogP contribution in [0.4, 0.5) is 0 Å². The number of rotatable bonds is 9. The number of amides is 2. The molecule has 0 radical (unpaired) electrons. The average Bonchev–Trinajstić information content (AvgIpc) is 3.37. The van der Waals surface area contributed by atoms with Crippen LogP contribution in [0.1, 0.15) is 48.0 Å². The molecule has 6 nitrogen and oxygen atoms in total. The highest BCUT2D eigenvalue weighted by Crippen LogP contribution is 2.25. The molecule has 1 fully saturated rings. The summed E-state index contributed by atoms with van der Waals surface area (Å²) in [5.74, 6) is 0.352. The molecule has 1 saturated carbocycles. The SMILES string of the molecule is CN(C(=O)CSc1ccccc1C(=O)NCCc1cnn(-c2ccccc2)c1)C1CCCCC1. The fourth-order valence-corrected chi connectivity index (χ4v) is 5.29. The molecule has 0 bridgehead atoms. The summed E-state index contributed by atoms with van der Waals surface area (Å²) in [4.78, 5) is 28.3. The second kappa shape index (κ2) is 11.9. The molecule has 0 unspecified atom stereocenters. The van der Waals surface area contributed by atoms with E-state index in [1.165, 1.54) is 31.0 Å². The maximum Gasteiger partial charge on any atom is 0.252 e. The zero-order valence-electron chi connectivity index (χ0n) is 19.7. The Balaban J connectivity index is 1.28. The van der Waals surface area contributed by atoms with Crippen LogP contribution in [0.15, 0.2) is 71.9 Å². The van der Waals surface area contributed by atoms with Gasteiger partial charge < -0.3 is 10.2 Å². The van der Waals surface area contributed by atoms with Crippen molar-refractivity contribution < 1.29 is 9.59 Å². The molecule has 3 aromatic rings. The van der Waals surface area contributed by atoms with Crippen LogP contribution in [-0.4, -0.2) is 51.9 Å². The molecule has 4 rings (SSSR count). The van der Waals surface area contributed by atoms with Gasteiger partial charge in [-0.3, -0.25) is 9.59 Å². The normalized spacial score (nSPS) is 14.0. The maximum absolute atomic E-state index is 12.9. The summed E-state index contributed by atoms with van der Waals surface area (Å²) in [5.41, 5.74) is 2.68. The van der Waals surface area contributed by atoms with Gasteiger partial charge in [0.2, 0.25) is 5.91 Å². The van der Waals surface area contributed by atoms with E-state index in [1.54, 1.807) is 0 Å². The highest BCUT2D eigenvalue weighted by atomic mass is 32.2. The first-order chi connectivity index (χ1) is 16.6. The van der Waals surface area contributed by atoms with Crippen LogP contribution in [0.2, 0.25) is 0 Å². The van der Waals surface area contributed by atoms with Gasteiger partial charge in [0.05, 0.1) is 23.2 Å². The lowest BCUT2D eigenvalue weighted by molar-refractivity contribution is -0.129. The van der Waals surface area contributed by atoms with Crippen LogP contribution < -0.4 is 5.32 Å². The van der Waals surface area contributed by atoms with Gasteiger partial charge in [0.1, 0.15) is 0 Å². The second-order valence-corrected chi connectivity index (χ2v) is 9.73. The van der Waals surface area contributed by atoms with Crippen molar-refractivity contribution in [2.24, 2.45) is 0 Å². The van der Waals surface area contributed by atoms with Gasteiger partial charge in [0.25, 0.3) is 5.91 Å². The number of carbonyl (C=O) groups excluding carboxylic acids is 2. The van der Waals surface area contributed by atoms with Crippen LogP contribution in [0, 0.1) is 0 Å². The third-order valence-corrected chi connectivity index (χ3v) is 7.41. The summed E-state index contributed by atoms with van der Waals surface area (Å²) in [6.07, 6.45) is 10.4. The molecule has 1 N–H and O–H groups in total. The molecular formula is C27H32N4O2S. The van der Waals surface area contributed by atoms with Crippen LogP contribution in [0.3, 0.4) is 0 Å². The third-order valence-electron chi connectivity index (χ3n) is 6.35. The topological polar surface area (TPSA) is 67.2 Å². The van der Waals surface area contributed by atoms with E-state index in [2.05, 4.69) is 10.4 Å². The minimum absolute atomic E-state index is 0.119. The number of benzene rings is 2. The molecular weight excluding hydrogens is 444 g/mol. The third kappa shape index (κ3) is 6.29. The van der Waals surface area contributed by atoms with Crippen molar-refractivity contribution in [2.75, 3.05) is 19.3 Å². The van der Waals surface area contributed by atoms with E-state index in [1.807, 2.05) is 83.6 Å². The largest absolute Gasteiger partial charge is 0.352 e. The molecule has 0 aliphatic heterocycles. The van der Waals surface area contributed by atoms with E-state index in [0.29, 0.717) is 30.3 Å². The smallest absolute Gasteiger partial charge is 0.252 e. The van der Waals surface area contributed by atoms with Crippen molar-refractivity contribution in [1.29, 1.82) is 0 Å². The number of para-hydroxylation sites is 1. The summed E-state index contributed by atoms with van der Waals surface area (Å²) >= 11 is 1.44. The van der Waals surface area contributed by atoms with Crippen molar-refractivity contribution in [3.8, 4) is 5.69 Å². The molecule has 1 aromatic heterocycles. The molecule has 0 spiro atoms. The predicted molar refractivity (Wildman–Crippen MR) is 136 cm³/mol. The van der Waals surface area contributed by atoms with Crippen LogP contribution in [-0.2, 0) is 11.2 Å². The van der Waals surface area contributed by atoms with Crippen LogP contribution in [0.5, 0.6) is 0 Å². The van der Waals surface area contributed by atoms with Gasteiger partial charge in [0, 0.05) is 30.7 Å². The lowest BCUT2D eigenvalue weighted by Gasteiger charge is -2.31. The lowest BCUT2D eigenvalue weighted by atomic mass is 9.94. The highest BCUT2D eigenvalue weighted by molar-refractivity contribution is 8.00. The summed E-state index contributed by atoms with van der Waals surface area (Å²) in [6, 6.07) is 17.8. The van der Waals surface area contributed by atoms with Gasteiger partial charge in [-0.15, -0.1) is 11.8 Å². The number of thioether (sulfide) groups is 1. The fourth-order valence-electron chi connectivity index (χ4n) is 4.32. The summed E-state index contributed by atoms with van der Waals surface area (Å²) < 4.78 is 1.84. The Labute approximate surface area is 205 Å². The molecule has 178 valence electrons. The van der Waals surface area contributed by atoms with E-state index in [9.17, 15) is 9.59 Å². The Hall–Kier alpha value is -3.06. The van der Waals surface area contributed by atoms with Crippen LogP contribution in [0.25, 0.3) is 5.69 Å². The zero-order valence-corrected chi connectivity index (χ0v) is 20.5. The fraction of sp³-hybridized carbons (Fsp3) is 0.370. The lowest BCUT2D eigenvalue weighted by Crippen LogP contribution is -2.39. The Bertz CT molecular complexity index is 1090. The second-order valence-electron chi connectivity index (χ2n) is 8.72. The molecule has 34 heavy (non-hydrogen) atoms. The summed E-state index contributed by atoms with van der Waals surface area (Å²) in [7, 11) is 1.91. The molecule has 7 heteroatoms. The van der Waals surface area contributed by atoms with Gasteiger partial charge in [-0.05, 0) is 49.1 Å². The van der Waals surface area contributed by atoms with Crippen molar-refractivity contribution >= 4 is 23.6 Å². The van der Waals surface area contributed by atoms with Gasteiger partial charge in [0.15, 0.2) is 0 Å². The van der Waals surface area contributed by atoms with Crippen molar-refractivity contribution in [2.45, 2.75) is 49.5 Å². The number of carbonyl (C=O) groups is 2. The molecule has 2 amide bonds. The zero-order chi connectivity index (χ0) is 23.8. The number of nitrogens with zero attached hydrogens (tertiary/aromatic N) is 3. The van der Waals surface area contributed by atoms with Gasteiger partial charge in [-0.2, -0.15) is 5.10 Å². The van der Waals surface area contributed by atoms with Gasteiger partial charge >= 0.3 is 0 Å². The molecule has 0 atom stereocenters. The Morgan fingerprint density at radius 3 is 2.59 bits per heavy atom. The predicted octanol–water partition coefficient (Wildman–Crippen LogP) is 4.73. The molecule has 1 aliphatic carbocycles. The van der Waals surface area contributed by atoms with E-state index in [0.717, 1.165) is 29.0 Å². The number of nitrogens with one attached hydrogen (secondary N) is 1. The molecule has 1 heterocycles. The van der Waals surface area contributed by atoms with Crippen molar-refractivity contribution in [3.63, 3.8) is 0 Å². The summed E-state index contributed by atoms with van der Waals surface area (Å²) in [6.45, 7) is 0.516. The highest BCUT2D eigenvalue weighted by Gasteiger charge is 2.22. The quantitative estimate of drug-likeness (QED) is 0.454. The maximum atomic E-state index is 12.9. The molecule has 1 aliphatic rings. The van der Waals surface area contributed by atoms with Gasteiger partial charge in [-0.25, -0.2) is 4.68 Å². The standard InChI is InChI=1S/C27H32N4O2S/c1-30(22-10-4-2-5-11-22)26(32)20-34-25-15-9-8-14-24(25)27(33)28-17-16-21-18-29-31(19-21)23-12-6-3-7-13-23/h3,6-9,12-15,18-19,22H,2,4-5,10-11,16-17,20H2,1H3,(H,28,33). The van der Waals surface area contributed by atoms with E-state index < -0.39 is 0 Å². The first-order valence-corrected chi connectivity index (χ1v) is 12.9. The van der Waals surface area contributed by atoms with Crippen molar-refractivity contribution in [1.82, 2.24) is 20.0 Å². The minimum atomic E-state index is -0.119.